The van der Waals surface area contributed by atoms with Gasteiger partial charge in [0, 0.05) is 6.42 Å². The molecule has 0 aliphatic carbocycles. The third kappa shape index (κ3) is 16.1. The lowest BCUT2D eigenvalue weighted by Gasteiger charge is -2.25. The maximum Gasteiger partial charge on any atom is 0.326 e. The van der Waals surface area contributed by atoms with Gasteiger partial charge < -0.3 is 53.4 Å². The second-order valence-corrected chi connectivity index (χ2v) is 9.67. The van der Waals surface area contributed by atoms with Crippen LogP contribution in [0, 0.1) is 5.92 Å². The number of carboxylic acids is 3. The molecule has 0 radical (unpaired) electrons. The zero-order valence-corrected chi connectivity index (χ0v) is 23.5. The van der Waals surface area contributed by atoms with Gasteiger partial charge in [0.2, 0.25) is 29.5 Å². The molecule has 18 nitrogen and oxygen atoms in total. The Kier molecular flexibility index (Phi) is 17.7. The van der Waals surface area contributed by atoms with E-state index in [9.17, 15) is 43.5 Å². The molecular weight excluding hydrogens is 562 g/mol. The van der Waals surface area contributed by atoms with Crippen LogP contribution in [0.15, 0.2) is 0 Å². The Bertz CT molecular complexity index is 990. The summed E-state index contributed by atoms with van der Waals surface area (Å²) in [5.41, 5.74) is 10.9. The molecule has 0 saturated heterocycles. The maximum absolute atomic E-state index is 12.9. The fourth-order valence-corrected chi connectivity index (χ4v) is 3.40. The number of unbranched alkanes of at least 4 members (excludes halogenated alkanes) is 1. The quantitative estimate of drug-likeness (QED) is 0.0564. The van der Waals surface area contributed by atoms with Crippen molar-refractivity contribution in [3.8, 4) is 0 Å². The molecule has 4 atom stereocenters. The monoisotopic (exact) mass is 603 g/mol. The lowest BCUT2D eigenvalue weighted by molar-refractivity contribution is -0.142. The van der Waals surface area contributed by atoms with Crippen LogP contribution in [0.1, 0.15) is 52.4 Å². The highest BCUT2D eigenvalue weighted by Gasteiger charge is 2.30. The standard InChI is InChI=1S/C24H41N7O11/c1-12(2)20(31-22(39)14(6-7-18(34)35)30-21(38)13(26)9-19(36)37)23(40)28-10-16(32)27-11-17(33)29-15(24(41)42)5-3-4-8-25/h12-15,20H,3-11,25-26H2,1-2H3,(H,27,32)(H,28,40)(H,29,33)(H,30,38)(H,31,39)(H,34,35)(H,36,37)(H,41,42)/t13-,14-,15-,20-/m0/s1. The van der Waals surface area contributed by atoms with Crippen molar-refractivity contribution in [3.05, 3.63) is 0 Å². The number of hydrogen-bond acceptors (Lipinski definition) is 10. The molecule has 0 rings (SSSR count). The molecule has 0 bridgehead atoms. The van der Waals surface area contributed by atoms with Gasteiger partial charge in [0.25, 0.3) is 0 Å². The molecule has 5 amide bonds. The number of amides is 5. The van der Waals surface area contributed by atoms with E-state index in [1.165, 1.54) is 0 Å². The third-order valence-electron chi connectivity index (χ3n) is 5.71. The number of hydrogen-bond donors (Lipinski definition) is 10. The van der Waals surface area contributed by atoms with Gasteiger partial charge in [-0.05, 0) is 38.1 Å². The first-order valence-electron chi connectivity index (χ1n) is 13.2. The molecule has 0 spiro atoms. The van der Waals surface area contributed by atoms with Crippen LogP contribution in [0.5, 0.6) is 0 Å². The lowest BCUT2D eigenvalue weighted by Crippen LogP contribution is -2.57. The first-order valence-corrected chi connectivity index (χ1v) is 13.2. The van der Waals surface area contributed by atoms with Gasteiger partial charge in [-0.1, -0.05) is 13.8 Å². The SMILES string of the molecule is CC(C)[C@H](NC(=O)[C@H](CCC(=O)O)NC(=O)[C@@H](N)CC(=O)O)C(=O)NCC(=O)NCC(=O)N[C@@H](CCCCN)C(=O)O. The van der Waals surface area contributed by atoms with E-state index in [0.717, 1.165) is 0 Å². The summed E-state index contributed by atoms with van der Waals surface area (Å²) in [7, 11) is 0. The van der Waals surface area contributed by atoms with Crippen LogP contribution in [0.3, 0.4) is 0 Å². The Morgan fingerprint density at radius 3 is 1.83 bits per heavy atom. The number of rotatable bonds is 21. The molecule has 12 N–H and O–H groups in total. The van der Waals surface area contributed by atoms with Crippen molar-refractivity contribution in [1.82, 2.24) is 26.6 Å². The van der Waals surface area contributed by atoms with Gasteiger partial charge in [-0.15, -0.1) is 0 Å². The Morgan fingerprint density at radius 1 is 0.690 bits per heavy atom. The summed E-state index contributed by atoms with van der Waals surface area (Å²) in [4.78, 5) is 95.1. The topological polar surface area (TPSA) is 309 Å². The molecule has 18 heteroatoms. The summed E-state index contributed by atoms with van der Waals surface area (Å²) >= 11 is 0. The van der Waals surface area contributed by atoms with Crippen molar-refractivity contribution in [2.75, 3.05) is 19.6 Å². The predicted octanol–water partition coefficient (Wildman–Crippen LogP) is -3.79. The number of carbonyl (C=O) groups is 8. The Labute approximate surface area is 241 Å². The smallest absolute Gasteiger partial charge is 0.326 e. The minimum Gasteiger partial charge on any atom is -0.481 e. The van der Waals surface area contributed by atoms with Crippen LogP contribution in [-0.2, 0) is 38.4 Å². The summed E-state index contributed by atoms with van der Waals surface area (Å²) in [6.07, 6.45) is -0.467. The van der Waals surface area contributed by atoms with Crippen molar-refractivity contribution < 1.29 is 53.7 Å². The summed E-state index contributed by atoms with van der Waals surface area (Å²) in [5, 5.41) is 38.3. The van der Waals surface area contributed by atoms with Crippen LogP contribution in [-0.4, -0.2) is 107 Å². The summed E-state index contributed by atoms with van der Waals surface area (Å²) in [6.45, 7) is 2.33. The van der Waals surface area contributed by atoms with Gasteiger partial charge in [-0.3, -0.25) is 33.6 Å². The summed E-state index contributed by atoms with van der Waals surface area (Å²) in [5.74, 6) is -8.75. The second kappa shape index (κ2) is 19.7. The van der Waals surface area contributed by atoms with Crippen molar-refractivity contribution >= 4 is 47.4 Å². The summed E-state index contributed by atoms with van der Waals surface area (Å²) in [6, 6.07) is -5.38. The molecule has 238 valence electrons. The minimum atomic E-state index is -1.52. The van der Waals surface area contributed by atoms with Crippen LogP contribution in [0.4, 0.5) is 0 Å². The fraction of sp³-hybridized carbons (Fsp3) is 0.667. The molecule has 0 heterocycles. The first kappa shape index (κ1) is 37.7. The first-order chi connectivity index (χ1) is 19.6. The molecule has 0 aromatic heterocycles. The number of carboxylic acid groups (broad SMARTS) is 3. The molecular formula is C24H41N7O11. The zero-order valence-electron chi connectivity index (χ0n) is 23.5. The van der Waals surface area contributed by atoms with E-state index in [0.29, 0.717) is 19.4 Å². The number of aliphatic carboxylic acids is 3. The van der Waals surface area contributed by atoms with E-state index in [4.69, 9.17) is 21.7 Å². The number of carbonyl (C=O) groups excluding carboxylic acids is 5. The minimum absolute atomic E-state index is 0.153. The van der Waals surface area contributed by atoms with Crippen molar-refractivity contribution in [1.29, 1.82) is 0 Å². The Morgan fingerprint density at radius 2 is 1.31 bits per heavy atom. The van der Waals surface area contributed by atoms with Gasteiger partial charge >= 0.3 is 17.9 Å². The lowest BCUT2D eigenvalue weighted by atomic mass is 10.0. The van der Waals surface area contributed by atoms with E-state index in [1.54, 1.807) is 13.8 Å². The van der Waals surface area contributed by atoms with Gasteiger partial charge in [-0.2, -0.15) is 0 Å². The average molecular weight is 604 g/mol. The summed E-state index contributed by atoms with van der Waals surface area (Å²) < 4.78 is 0. The molecule has 0 unspecified atom stereocenters. The van der Waals surface area contributed by atoms with E-state index >= 15 is 0 Å². The molecule has 0 aromatic carbocycles. The van der Waals surface area contributed by atoms with Crippen molar-refractivity contribution in [2.24, 2.45) is 17.4 Å². The highest BCUT2D eigenvalue weighted by atomic mass is 16.4. The van der Waals surface area contributed by atoms with Crippen LogP contribution < -0.4 is 38.1 Å². The number of nitrogens with one attached hydrogen (secondary N) is 5. The highest BCUT2D eigenvalue weighted by molar-refractivity contribution is 5.95. The van der Waals surface area contributed by atoms with Crippen LogP contribution in [0.25, 0.3) is 0 Å². The molecule has 42 heavy (non-hydrogen) atoms. The van der Waals surface area contributed by atoms with Gasteiger partial charge in [0.15, 0.2) is 0 Å². The average Bonchev–Trinajstić information content (AvgIpc) is 2.89. The van der Waals surface area contributed by atoms with Crippen LogP contribution >= 0.6 is 0 Å². The molecule has 0 aliphatic rings. The van der Waals surface area contributed by atoms with E-state index in [-0.39, 0.29) is 12.8 Å². The molecule has 0 fully saturated rings. The van der Waals surface area contributed by atoms with Crippen molar-refractivity contribution in [2.45, 2.75) is 76.5 Å². The third-order valence-corrected chi connectivity index (χ3v) is 5.71. The van der Waals surface area contributed by atoms with E-state index in [1.807, 2.05) is 0 Å². The van der Waals surface area contributed by atoms with Gasteiger partial charge in [-0.25, -0.2) is 4.79 Å². The highest BCUT2D eigenvalue weighted by Crippen LogP contribution is 2.06. The van der Waals surface area contributed by atoms with Crippen molar-refractivity contribution in [3.63, 3.8) is 0 Å². The van der Waals surface area contributed by atoms with Crippen LogP contribution in [0.2, 0.25) is 0 Å². The maximum atomic E-state index is 12.9. The second-order valence-electron chi connectivity index (χ2n) is 9.67. The van der Waals surface area contributed by atoms with E-state index < -0.39 is 103 Å². The van der Waals surface area contributed by atoms with E-state index in [2.05, 4.69) is 26.6 Å². The fourth-order valence-electron chi connectivity index (χ4n) is 3.40. The normalized spacial score (nSPS) is 13.5. The molecule has 0 aromatic rings. The van der Waals surface area contributed by atoms with Gasteiger partial charge in [0.1, 0.15) is 18.1 Å². The number of nitrogens with two attached hydrogens (primary N) is 2. The largest absolute Gasteiger partial charge is 0.481 e. The Hall–Kier alpha value is -4.32. The predicted molar refractivity (Wildman–Crippen MR) is 144 cm³/mol. The van der Waals surface area contributed by atoms with Gasteiger partial charge in [0.05, 0.1) is 25.6 Å². The Balaban J connectivity index is 5.08. The zero-order chi connectivity index (χ0) is 32.4. The molecule has 0 saturated carbocycles. The molecule has 0 aliphatic heterocycles.